The fraction of sp³-hybridized carbons (Fsp3) is 0.500. The van der Waals surface area contributed by atoms with Crippen LogP contribution in [0.5, 0.6) is 0 Å². The number of nitrogens with one attached hydrogen (secondary N) is 1. The van der Waals surface area contributed by atoms with E-state index in [2.05, 4.69) is 32.7 Å². The van der Waals surface area contributed by atoms with Crippen molar-refractivity contribution in [3.05, 3.63) is 27.1 Å². The van der Waals surface area contributed by atoms with Gasteiger partial charge in [0.1, 0.15) is 5.69 Å². The van der Waals surface area contributed by atoms with Gasteiger partial charge in [-0.15, -0.1) is 0 Å². The average Bonchev–Trinajstić information content (AvgIpc) is 2.23. The Balaban J connectivity index is 2.35. The average molecular weight is 273 g/mol. The summed E-state index contributed by atoms with van der Waals surface area (Å²) in [6.07, 6.45) is 1.65. The Kier molecular flexibility index (Phi) is 3.11. The standard InChI is InChI=1S/C10H13BrN2O2/c1-7-6-15-3-2-13(7)9-4-8(11)5-12-10(9)14/h4-5,7H,2-3,6H2,1H3,(H,12,14). The molecule has 0 aromatic carbocycles. The van der Waals surface area contributed by atoms with E-state index in [1.165, 1.54) is 0 Å². The molecule has 2 rings (SSSR count). The van der Waals surface area contributed by atoms with E-state index in [0.29, 0.717) is 18.9 Å². The minimum Gasteiger partial charge on any atom is -0.377 e. The van der Waals surface area contributed by atoms with E-state index in [4.69, 9.17) is 4.74 Å². The van der Waals surface area contributed by atoms with Crippen LogP contribution in [0.1, 0.15) is 6.92 Å². The molecule has 1 aliphatic heterocycles. The number of hydrogen-bond donors (Lipinski definition) is 1. The van der Waals surface area contributed by atoms with Crippen LogP contribution in [0.25, 0.3) is 0 Å². The smallest absolute Gasteiger partial charge is 0.271 e. The molecule has 82 valence electrons. The van der Waals surface area contributed by atoms with Gasteiger partial charge in [-0.1, -0.05) is 0 Å². The summed E-state index contributed by atoms with van der Waals surface area (Å²) in [4.78, 5) is 16.4. The van der Waals surface area contributed by atoms with E-state index < -0.39 is 0 Å². The largest absolute Gasteiger partial charge is 0.377 e. The zero-order valence-corrected chi connectivity index (χ0v) is 10.1. The predicted molar refractivity (Wildman–Crippen MR) is 62.4 cm³/mol. The van der Waals surface area contributed by atoms with Gasteiger partial charge in [-0.3, -0.25) is 4.79 Å². The molecule has 1 aromatic heterocycles. The van der Waals surface area contributed by atoms with Crippen molar-refractivity contribution in [1.82, 2.24) is 4.98 Å². The third kappa shape index (κ3) is 2.23. The summed E-state index contributed by atoms with van der Waals surface area (Å²) in [5.41, 5.74) is 0.659. The van der Waals surface area contributed by atoms with Crippen molar-refractivity contribution >= 4 is 21.6 Å². The summed E-state index contributed by atoms with van der Waals surface area (Å²) < 4.78 is 6.22. The lowest BCUT2D eigenvalue weighted by Gasteiger charge is -2.34. The first-order valence-corrected chi connectivity index (χ1v) is 5.70. The number of anilines is 1. The van der Waals surface area contributed by atoms with Gasteiger partial charge in [0.05, 0.1) is 13.2 Å². The maximum Gasteiger partial charge on any atom is 0.271 e. The number of aromatic nitrogens is 1. The van der Waals surface area contributed by atoms with Crippen molar-refractivity contribution < 1.29 is 4.74 Å². The maximum absolute atomic E-state index is 11.7. The fourth-order valence-electron chi connectivity index (χ4n) is 1.74. The molecule has 1 saturated heterocycles. The Labute approximate surface area is 96.4 Å². The summed E-state index contributed by atoms with van der Waals surface area (Å²) in [6.45, 7) is 4.17. The zero-order valence-electron chi connectivity index (χ0n) is 8.50. The third-order valence-corrected chi connectivity index (χ3v) is 2.98. The molecule has 4 nitrogen and oxygen atoms in total. The van der Waals surface area contributed by atoms with Crippen LogP contribution < -0.4 is 10.5 Å². The molecule has 1 atom stereocenters. The molecule has 15 heavy (non-hydrogen) atoms. The SMILES string of the molecule is CC1COCCN1c1cc(Br)c[nH]c1=O. The van der Waals surface area contributed by atoms with Gasteiger partial charge >= 0.3 is 0 Å². The van der Waals surface area contributed by atoms with Gasteiger partial charge in [0.2, 0.25) is 0 Å². The molecular weight excluding hydrogens is 260 g/mol. The van der Waals surface area contributed by atoms with Crippen LogP contribution in [0, 0.1) is 0 Å². The number of morpholine rings is 1. The lowest BCUT2D eigenvalue weighted by molar-refractivity contribution is 0.0988. The van der Waals surface area contributed by atoms with Gasteiger partial charge in [0, 0.05) is 23.3 Å². The van der Waals surface area contributed by atoms with E-state index in [1.807, 2.05) is 6.07 Å². The Hall–Kier alpha value is -0.810. The van der Waals surface area contributed by atoms with Gasteiger partial charge in [-0.05, 0) is 28.9 Å². The zero-order chi connectivity index (χ0) is 10.8. The number of nitrogens with zero attached hydrogens (tertiary/aromatic N) is 1. The second kappa shape index (κ2) is 4.37. The summed E-state index contributed by atoms with van der Waals surface area (Å²) in [5, 5.41) is 0. The molecule has 0 spiro atoms. The quantitative estimate of drug-likeness (QED) is 0.840. The number of H-pyrrole nitrogens is 1. The van der Waals surface area contributed by atoms with Crippen LogP contribution in [-0.4, -0.2) is 30.8 Å². The first kappa shape index (κ1) is 10.7. The highest BCUT2D eigenvalue weighted by Crippen LogP contribution is 2.18. The van der Waals surface area contributed by atoms with Crippen molar-refractivity contribution in [3.63, 3.8) is 0 Å². The molecule has 5 heteroatoms. The Morgan fingerprint density at radius 1 is 1.67 bits per heavy atom. The van der Waals surface area contributed by atoms with Gasteiger partial charge in [0.25, 0.3) is 5.56 Å². The first-order valence-electron chi connectivity index (χ1n) is 4.91. The van der Waals surface area contributed by atoms with Gasteiger partial charge < -0.3 is 14.6 Å². The van der Waals surface area contributed by atoms with Gasteiger partial charge in [-0.25, -0.2) is 0 Å². The van der Waals surface area contributed by atoms with Crippen LogP contribution in [0.3, 0.4) is 0 Å². The van der Waals surface area contributed by atoms with Crippen LogP contribution in [0.2, 0.25) is 0 Å². The number of aromatic amines is 1. The fourth-order valence-corrected chi connectivity index (χ4v) is 2.08. The lowest BCUT2D eigenvalue weighted by atomic mass is 10.2. The van der Waals surface area contributed by atoms with Crippen molar-refractivity contribution in [1.29, 1.82) is 0 Å². The van der Waals surface area contributed by atoms with Crippen LogP contribution in [0.4, 0.5) is 5.69 Å². The molecule has 0 aliphatic carbocycles. The van der Waals surface area contributed by atoms with Gasteiger partial charge in [0.15, 0.2) is 0 Å². The summed E-state index contributed by atoms with van der Waals surface area (Å²) in [5.74, 6) is 0. The first-order chi connectivity index (χ1) is 7.18. The van der Waals surface area contributed by atoms with E-state index in [-0.39, 0.29) is 11.6 Å². The highest BCUT2D eigenvalue weighted by atomic mass is 79.9. The molecule has 2 heterocycles. The van der Waals surface area contributed by atoms with E-state index >= 15 is 0 Å². The molecule has 0 amide bonds. The van der Waals surface area contributed by atoms with E-state index in [0.717, 1.165) is 11.0 Å². The Morgan fingerprint density at radius 3 is 3.20 bits per heavy atom. The molecule has 0 saturated carbocycles. The van der Waals surface area contributed by atoms with Crippen molar-refractivity contribution in [2.24, 2.45) is 0 Å². The second-order valence-electron chi connectivity index (χ2n) is 3.65. The lowest BCUT2D eigenvalue weighted by Crippen LogP contribution is -2.45. The second-order valence-corrected chi connectivity index (χ2v) is 4.57. The molecule has 1 unspecified atom stereocenters. The predicted octanol–water partition coefficient (Wildman–Crippen LogP) is 1.36. The number of halogens is 1. The van der Waals surface area contributed by atoms with Crippen LogP contribution in [-0.2, 0) is 4.74 Å². The molecule has 1 N–H and O–H groups in total. The monoisotopic (exact) mass is 272 g/mol. The number of rotatable bonds is 1. The molecule has 0 radical (unpaired) electrons. The van der Waals surface area contributed by atoms with Gasteiger partial charge in [-0.2, -0.15) is 0 Å². The van der Waals surface area contributed by atoms with E-state index in [1.54, 1.807) is 6.20 Å². The number of ether oxygens (including phenoxy) is 1. The normalized spacial score (nSPS) is 21.7. The molecular formula is C10H13BrN2O2. The minimum absolute atomic E-state index is 0.0491. The Morgan fingerprint density at radius 2 is 2.47 bits per heavy atom. The van der Waals surface area contributed by atoms with Crippen LogP contribution in [0.15, 0.2) is 21.5 Å². The molecule has 1 fully saturated rings. The minimum atomic E-state index is -0.0491. The Bertz CT molecular complexity index is 405. The number of pyridine rings is 1. The van der Waals surface area contributed by atoms with Crippen molar-refractivity contribution in [2.45, 2.75) is 13.0 Å². The molecule has 0 bridgehead atoms. The van der Waals surface area contributed by atoms with Crippen LogP contribution >= 0.6 is 15.9 Å². The topological polar surface area (TPSA) is 45.3 Å². The highest BCUT2D eigenvalue weighted by molar-refractivity contribution is 9.10. The number of hydrogen-bond acceptors (Lipinski definition) is 3. The molecule has 1 aliphatic rings. The van der Waals surface area contributed by atoms with E-state index in [9.17, 15) is 4.79 Å². The van der Waals surface area contributed by atoms with Crippen molar-refractivity contribution in [3.8, 4) is 0 Å². The third-order valence-electron chi connectivity index (χ3n) is 2.53. The highest BCUT2D eigenvalue weighted by Gasteiger charge is 2.21. The summed E-state index contributed by atoms with van der Waals surface area (Å²) in [6, 6.07) is 2.09. The van der Waals surface area contributed by atoms with Crippen molar-refractivity contribution in [2.75, 3.05) is 24.7 Å². The summed E-state index contributed by atoms with van der Waals surface area (Å²) in [7, 11) is 0. The molecule has 1 aromatic rings. The summed E-state index contributed by atoms with van der Waals surface area (Å²) >= 11 is 3.35. The maximum atomic E-state index is 11.7.